The Balaban J connectivity index is 1.92. The van der Waals surface area contributed by atoms with Gasteiger partial charge in [0.1, 0.15) is 12.2 Å². The van der Waals surface area contributed by atoms with Gasteiger partial charge >= 0.3 is 0 Å². The Morgan fingerprint density at radius 1 is 1.29 bits per heavy atom. The van der Waals surface area contributed by atoms with Crippen molar-refractivity contribution in [2.24, 2.45) is 0 Å². The van der Waals surface area contributed by atoms with Gasteiger partial charge in [-0.15, -0.1) is 0 Å². The summed E-state index contributed by atoms with van der Waals surface area (Å²) in [5, 5.41) is 9.54. The van der Waals surface area contributed by atoms with Gasteiger partial charge in [-0.2, -0.15) is 5.10 Å². The Bertz CT molecular complexity index is 639. The third-order valence-corrected chi connectivity index (χ3v) is 4.15. The van der Waals surface area contributed by atoms with Crippen molar-refractivity contribution in [3.05, 3.63) is 36.0 Å². The molecule has 0 fully saturated rings. The van der Waals surface area contributed by atoms with Gasteiger partial charge in [0, 0.05) is 25.7 Å². The number of nitrogens with zero attached hydrogens (tertiary/aromatic N) is 3. The van der Waals surface area contributed by atoms with Crippen LogP contribution in [0, 0.1) is 0 Å². The maximum absolute atomic E-state index is 12.1. The van der Waals surface area contributed by atoms with Crippen LogP contribution in [0.5, 0.6) is 0 Å². The van der Waals surface area contributed by atoms with E-state index < -0.39 is 10.0 Å². The minimum Gasteiger partial charge on any atom is -0.313 e. The second kappa shape index (κ2) is 7.25. The molecule has 0 spiro atoms. The highest BCUT2D eigenvalue weighted by Gasteiger charge is 2.15. The van der Waals surface area contributed by atoms with Gasteiger partial charge < -0.3 is 5.32 Å². The van der Waals surface area contributed by atoms with Crippen LogP contribution in [0.25, 0.3) is 0 Å². The second-order valence-electron chi connectivity index (χ2n) is 4.36. The highest BCUT2D eigenvalue weighted by atomic mass is 32.2. The molecule has 0 radical (unpaired) electrons. The molecule has 0 aromatic carbocycles. The van der Waals surface area contributed by atoms with Crippen molar-refractivity contribution in [1.82, 2.24) is 30.2 Å². The summed E-state index contributed by atoms with van der Waals surface area (Å²) in [4.78, 5) is 7.92. The Morgan fingerprint density at radius 3 is 2.76 bits per heavy atom. The van der Waals surface area contributed by atoms with Crippen molar-refractivity contribution in [2.45, 2.75) is 24.9 Å². The predicted molar refractivity (Wildman–Crippen MR) is 76.9 cm³/mol. The Morgan fingerprint density at radius 2 is 2.14 bits per heavy atom. The average Bonchev–Trinajstić information content (AvgIpc) is 2.98. The fourth-order valence-electron chi connectivity index (χ4n) is 1.67. The zero-order chi connectivity index (χ0) is 15.1. The summed E-state index contributed by atoms with van der Waals surface area (Å²) in [6.07, 6.45) is 3.39. The summed E-state index contributed by atoms with van der Waals surface area (Å²) in [5.74, 6) is 0.631. The van der Waals surface area contributed by atoms with E-state index in [4.69, 9.17) is 0 Å². The van der Waals surface area contributed by atoms with Crippen molar-refractivity contribution >= 4 is 10.0 Å². The molecule has 0 aliphatic heterocycles. The third kappa shape index (κ3) is 4.59. The van der Waals surface area contributed by atoms with Crippen LogP contribution in [0.4, 0.5) is 0 Å². The number of H-pyrrole nitrogens is 1. The standard InChI is InChI=1S/C12H18N6O2S/c1-2-13-7-10-3-4-12(14-8-10)21(19,20)17-6-5-11-15-9-16-18-11/h3-4,8-9,13,17H,2,5-7H2,1H3,(H,15,16,18). The van der Waals surface area contributed by atoms with E-state index in [-0.39, 0.29) is 11.6 Å². The molecule has 9 heteroatoms. The molecule has 0 amide bonds. The third-order valence-electron chi connectivity index (χ3n) is 2.77. The molecule has 0 bridgehead atoms. The van der Waals surface area contributed by atoms with E-state index in [1.165, 1.54) is 12.4 Å². The van der Waals surface area contributed by atoms with Crippen LogP contribution in [0.1, 0.15) is 18.3 Å². The van der Waals surface area contributed by atoms with Crippen LogP contribution in [0.2, 0.25) is 0 Å². The van der Waals surface area contributed by atoms with Gasteiger partial charge in [-0.05, 0) is 18.2 Å². The van der Waals surface area contributed by atoms with Crippen LogP contribution in [-0.2, 0) is 23.0 Å². The van der Waals surface area contributed by atoms with Gasteiger partial charge in [0.25, 0.3) is 10.0 Å². The number of aromatic nitrogens is 4. The molecule has 3 N–H and O–H groups in total. The highest BCUT2D eigenvalue weighted by Crippen LogP contribution is 2.06. The fourth-order valence-corrected chi connectivity index (χ4v) is 2.63. The Labute approximate surface area is 123 Å². The maximum Gasteiger partial charge on any atom is 0.258 e. The Kier molecular flexibility index (Phi) is 5.37. The largest absolute Gasteiger partial charge is 0.313 e. The summed E-state index contributed by atoms with van der Waals surface area (Å²) in [7, 11) is -3.59. The lowest BCUT2D eigenvalue weighted by Gasteiger charge is -2.06. The van der Waals surface area contributed by atoms with E-state index in [1.54, 1.807) is 12.3 Å². The van der Waals surface area contributed by atoms with Gasteiger partial charge in [0.2, 0.25) is 0 Å². The number of rotatable bonds is 8. The molecular weight excluding hydrogens is 292 g/mol. The number of hydrogen-bond acceptors (Lipinski definition) is 6. The first-order valence-electron chi connectivity index (χ1n) is 6.61. The molecule has 0 aliphatic carbocycles. The van der Waals surface area contributed by atoms with Crippen molar-refractivity contribution in [3.63, 3.8) is 0 Å². The minimum absolute atomic E-state index is 0.0142. The van der Waals surface area contributed by atoms with Crippen LogP contribution in [-0.4, -0.2) is 41.7 Å². The average molecular weight is 310 g/mol. The van der Waals surface area contributed by atoms with Crippen LogP contribution >= 0.6 is 0 Å². The normalized spacial score (nSPS) is 11.7. The van der Waals surface area contributed by atoms with Crippen molar-refractivity contribution in [2.75, 3.05) is 13.1 Å². The zero-order valence-corrected chi connectivity index (χ0v) is 12.5. The summed E-state index contributed by atoms with van der Waals surface area (Å²) in [6, 6.07) is 3.25. The molecule has 0 aliphatic rings. The van der Waals surface area contributed by atoms with E-state index in [1.807, 2.05) is 6.92 Å². The van der Waals surface area contributed by atoms with E-state index in [9.17, 15) is 8.42 Å². The number of aromatic amines is 1. The molecule has 21 heavy (non-hydrogen) atoms. The SMILES string of the molecule is CCNCc1ccc(S(=O)(=O)NCCc2ncn[nH]2)nc1. The molecule has 114 valence electrons. The number of nitrogens with one attached hydrogen (secondary N) is 3. The van der Waals surface area contributed by atoms with Gasteiger partial charge in [-0.25, -0.2) is 23.1 Å². The summed E-state index contributed by atoms with van der Waals surface area (Å²) in [5.41, 5.74) is 0.942. The molecule has 2 aromatic rings. The molecule has 2 aromatic heterocycles. The molecular formula is C12H18N6O2S. The quantitative estimate of drug-likeness (QED) is 0.624. The lowest BCUT2D eigenvalue weighted by atomic mass is 10.3. The van der Waals surface area contributed by atoms with E-state index in [0.717, 1.165) is 12.1 Å². The molecule has 0 saturated heterocycles. The smallest absolute Gasteiger partial charge is 0.258 e. The molecule has 0 atom stereocenters. The van der Waals surface area contributed by atoms with Crippen molar-refractivity contribution < 1.29 is 8.42 Å². The first-order valence-corrected chi connectivity index (χ1v) is 8.09. The molecule has 2 rings (SSSR count). The lowest BCUT2D eigenvalue weighted by molar-refractivity contribution is 0.576. The highest BCUT2D eigenvalue weighted by molar-refractivity contribution is 7.89. The second-order valence-corrected chi connectivity index (χ2v) is 6.08. The van der Waals surface area contributed by atoms with Gasteiger partial charge in [0.05, 0.1) is 0 Å². The van der Waals surface area contributed by atoms with Crippen molar-refractivity contribution in [1.29, 1.82) is 0 Å². The molecule has 8 nitrogen and oxygen atoms in total. The van der Waals surface area contributed by atoms with Crippen molar-refractivity contribution in [3.8, 4) is 0 Å². The lowest BCUT2D eigenvalue weighted by Crippen LogP contribution is -2.27. The number of sulfonamides is 1. The van der Waals surface area contributed by atoms with Gasteiger partial charge in [-0.1, -0.05) is 13.0 Å². The Hall–Kier alpha value is -1.84. The molecule has 2 heterocycles. The first-order chi connectivity index (χ1) is 10.1. The van der Waals surface area contributed by atoms with E-state index >= 15 is 0 Å². The summed E-state index contributed by atoms with van der Waals surface area (Å²) >= 11 is 0. The summed E-state index contributed by atoms with van der Waals surface area (Å²) < 4.78 is 26.6. The fraction of sp³-hybridized carbons (Fsp3) is 0.417. The number of hydrogen-bond donors (Lipinski definition) is 3. The zero-order valence-electron chi connectivity index (χ0n) is 11.7. The summed E-state index contributed by atoms with van der Waals surface area (Å²) in [6.45, 7) is 3.76. The van der Waals surface area contributed by atoms with Crippen LogP contribution in [0.3, 0.4) is 0 Å². The minimum atomic E-state index is -3.59. The van der Waals surface area contributed by atoms with E-state index in [2.05, 4.69) is 30.2 Å². The van der Waals surface area contributed by atoms with Gasteiger partial charge in [0.15, 0.2) is 5.03 Å². The van der Waals surface area contributed by atoms with Crippen LogP contribution in [0.15, 0.2) is 29.7 Å². The van der Waals surface area contributed by atoms with Gasteiger partial charge in [-0.3, -0.25) is 5.10 Å². The first kappa shape index (κ1) is 15.5. The monoisotopic (exact) mass is 310 g/mol. The topological polar surface area (TPSA) is 113 Å². The van der Waals surface area contributed by atoms with E-state index in [0.29, 0.717) is 18.8 Å². The molecule has 0 unspecified atom stereocenters. The maximum atomic E-state index is 12.1. The number of pyridine rings is 1. The molecule has 0 saturated carbocycles. The van der Waals surface area contributed by atoms with Crippen LogP contribution < -0.4 is 10.0 Å². The predicted octanol–water partition coefficient (Wildman–Crippen LogP) is -0.170.